The first-order valence-corrected chi connectivity index (χ1v) is 8.08. The van der Waals surface area contributed by atoms with Crippen LogP contribution in [0.5, 0.6) is 0 Å². The number of carbonyl (C=O) groups is 1. The van der Waals surface area contributed by atoms with Crippen molar-refractivity contribution in [3.8, 4) is 0 Å². The summed E-state index contributed by atoms with van der Waals surface area (Å²) in [5.74, 6) is -0.860. The Hall–Kier alpha value is -0.370. The fraction of sp³-hybridized carbons (Fsp3) is 0.909. The van der Waals surface area contributed by atoms with Gasteiger partial charge in [0.15, 0.2) is 0 Å². The molecule has 6 nitrogen and oxygen atoms in total. The van der Waals surface area contributed by atoms with Gasteiger partial charge in [0.25, 0.3) is 0 Å². The number of nitrogens with zero attached hydrogens (tertiary/aromatic N) is 1. The number of rotatable bonds is 6. The van der Waals surface area contributed by atoms with E-state index < -0.39 is 21.7 Å². The number of amides is 1. The predicted octanol–water partition coefficient (Wildman–Crippen LogP) is -0.0520. The van der Waals surface area contributed by atoms with Crippen molar-refractivity contribution in [2.75, 3.05) is 31.9 Å². The van der Waals surface area contributed by atoms with Gasteiger partial charge in [-0.3, -0.25) is 4.79 Å². The Morgan fingerprint density at radius 3 is 2.47 bits per heavy atom. The Bertz CT molecular complexity index is 365. The zero-order valence-electron chi connectivity index (χ0n) is 11.5. The molecule has 1 heterocycles. The zero-order valence-corrected chi connectivity index (χ0v) is 13.1. The molecule has 114 valence electrons. The van der Waals surface area contributed by atoms with Crippen molar-refractivity contribution in [3.63, 3.8) is 0 Å². The highest BCUT2D eigenvalue weighted by atomic mass is 35.5. The molecular formula is C11H24ClN3O3S. The minimum atomic E-state index is -3.47. The van der Waals surface area contributed by atoms with Crippen LogP contribution < -0.4 is 10.6 Å². The first kappa shape index (κ1) is 18.6. The third-order valence-corrected chi connectivity index (χ3v) is 5.00. The first-order chi connectivity index (χ1) is 8.49. The molecule has 19 heavy (non-hydrogen) atoms. The van der Waals surface area contributed by atoms with Crippen molar-refractivity contribution in [2.24, 2.45) is 0 Å². The lowest BCUT2D eigenvalue weighted by atomic mass is 10.1. The van der Waals surface area contributed by atoms with Gasteiger partial charge in [-0.05, 0) is 19.4 Å². The fourth-order valence-electron chi connectivity index (χ4n) is 2.12. The highest BCUT2D eigenvalue weighted by Gasteiger charge is 2.24. The van der Waals surface area contributed by atoms with E-state index in [1.807, 2.05) is 0 Å². The standard InChI is InChI=1S/C11H23N3O3S.ClH/c1-3-14(4-2)18(16,17)9-11(15)13-10-6-5-7-12-8-10;/h10,12H,3-9H2,1-2H3,(H,13,15);1H/t10-;/m0./s1. The van der Waals surface area contributed by atoms with E-state index >= 15 is 0 Å². The van der Waals surface area contributed by atoms with Crippen LogP contribution >= 0.6 is 12.4 Å². The Morgan fingerprint density at radius 1 is 1.37 bits per heavy atom. The average Bonchev–Trinajstić information content (AvgIpc) is 2.30. The molecule has 1 aliphatic heterocycles. The van der Waals surface area contributed by atoms with E-state index in [0.29, 0.717) is 13.1 Å². The van der Waals surface area contributed by atoms with Crippen LogP contribution in [0.4, 0.5) is 0 Å². The van der Waals surface area contributed by atoms with Crippen LogP contribution in [0.2, 0.25) is 0 Å². The van der Waals surface area contributed by atoms with Gasteiger partial charge in [0.1, 0.15) is 5.75 Å². The molecule has 0 aromatic rings. The monoisotopic (exact) mass is 313 g/mol. The van der Waals surface area contributed by atoms with Crippen LogP contribution in [-0.2, 0) is 14.8 Å². The van der Waals surface area contributed by atoms with Gasteiger partial charge in [-0.2, -0.15) is 0 Å². The summed E-state index contributed by atoms with van der Waals surface area (Å²) in [6.45, 7) is 6.02. The zero-order chi connectivity index (χ0) is 13.6. The summed E-state index contributed by atoms with van der Waals surface area (Å²) in [7, 11) is -3.47. The molecule has 1 atom stereocenters. The summed E-state index contributed by atoms with van der Waals surface area (Å²) in [5.41, 5.74) is 0. The third-order valence-electron chi connectivity index (χ3n) is 3.07. The van der Waals surface area contributed by atoms with Gasteiger partial charge >= 0.3 is 0 Å². The summed E-state index contributed by atoms with van der Waals surface area (Å²) in [4.78, 5) is 11.7. The Balaban J connectivity index is 0.00000324. The second kappa shape index (κ2) is 8.73. The molecule has 1 amide bonds. The van der Waals surface area contributed by atoms with Crippen molar-refractivity contribution in [2.45, 2.75) is 32.7 Å². The van der Waals surface area contributed by atoms with Crippen LogP contribution in [-0.4, -0.2) is 56.6 Å². The molecule has 8 heteroatoms. The molecule has 0 bridgehead atoms. The lowest BCUT2D eigenvalue weighted by Crippen LogP contribution is -2.48. The van der Waals surface area contributed by atoms with Crippen molar-refractivity contribution >= 4 is 28.3 Å². The number of sulfonamides is 1. The maximum absolute atomic E-state index is 11.9. The van der Waals surface area contributed by atoms with Gasteiger partial charge in [-0.25, -0.2) is 12.7 Å². The summed E-state index contributed by atoms with van der Waals surface area (Å²) in [6.07, 6.45) is 1.91. The van der Waals surface area contributed by atoms with Crippen molar-refractivity contribution in [1.29, 1.82) is 0 Å². The molecule has 1 rings (SSSR count). The Kier molecular flexibility index (Phi) is 8.56. The van der Waals surface area contributed by atoms with Crippen LogP contribution in [0.1, 0.15) is 26.7 Å². The van der Waals surface area contributed by atoms with Crippen molar-refractivity contribution in [3.05, 3.63) is 0 Å². The molecule has 0 saturated carbocycles. The van der Waals surface area contributed by atoms with E-state index in [1.165, 1.54) is 4.31 Å². The van der Waals surface area contributed by atoms with Gasteiger partial charge in [-0.15, -0.1) is 12.4 Å². The quantitative estimate of drug-likeness (QED) is 0.720. The molecule has 0 aliphatic carbocycles. The van der Waals surface area contributed by atoms with E-state index in [0.717, 1.165) is 25.9 Å². The maximum atomic E-state index is 11.9. The number of nitrogens with one attached hydrogen (secondary N) is 2. The molecule has 1 fully saturated rings. The van der Waals surface area contributed by atoms with Crippen molar-refractivity contribution < 1.29 is 13.2 Å². The predicted molar refractivity (Wildman–Crippen MR) is 78.0 cm³/mol. The minimum Gasteiger partial charge on any atom is -0.351 e. The molecule has 0 spiro atoms. The molecule has 0 aromatic carbocycles. The highest BCUT2D eigenvalue weighted by Crippen LogP contribution is 2.03. The number of carbonyl (C=O) groups excluding carboxylic acids is 1. The number of hydrogen-bond donors (Lipinski definition) is 2. The van der Waals surface area contributed by atoms with Crippen LogP contribution in [0.25, 0.3) is 0 Å². The van der Waals surface area contributed by atoms with E-state index in [9.17, 15) is 13.2 Å². The molecule has 0 unspecified atom stereocenters. The lowest BCUT2D eigenvalue weighted by Gasteiger charge is -2.24. The van der Waals surface area contributed by atoms with Gasteiger partial charge in [0, 0.05) is 25.7 Å². The topological polar surface area (TPSA) is 78.5 Å². The highest BCUT2D eigenvalue weighted by molar-refractivity contribution is 7.89. The van der Waals surface area contributed by atoms with Gasteiger partial charge in [-0.1, -0.05) is 13.8 Å². The molecule has 1 saturated heterocycles. The van der Waals surface area contributed by atoms with Crippen LogP contribution in [0, 0.1) is 0 Å². The largest absolute Gasteiger partial charge is 0.351 e. The molecule has 0 aromatic heterocycles. The lowest BCUT2D eigenvalue weighted by molar-refractivity contribution is -0.119. The summed E-state index contributed by atoms with van der Waals surface area (Å²) in [5, 5.41) is 5.94. The fourth-order valence-corrected chi connectivity index (χ4v) is 3.50. The van der Waals surface area contributed by atoms with E-state index in [-0.39, 0.29) is 18.4 Å². The second-order valence-electron chi connectivity index (χ2n) is 4.45. The van der Waals surface area contributed by atoms with Crippen LogP contribution in [0.15, 0.2) is 0 Å². The minimum absolute atomic E-state index is 0. The van der Waals surface area contributed by atoms with Crippen molar-refractivity contribution in [1.82, 2.24) is 14.9 Å². The van der Waals surface area contributed by atoms with E-state index in [1.54, 1.807) is 13.8 Å². The molecular weight excluding hydrogens is 290 g/mol. The molecule has 2 N–H and O–H groups in total. The Morgan fingerprint density at radius 2 is 2.00 bits per heavy atom. The van der Waals surface area contributed by atoms with Gasteiger partial charge < -0.3 is 10.6 Å². The average molecular weight is 314 g/mol. The first-order valence-electron chi connectivity index (χ1n) is 6.47. The summed E-state index contributed by atoms with van der Waals surface area (Å²) >= 11 is 0. The van der Waals surface area contributed by atoms with E-state index in [2.05, 4.69) is 10.6 Å². The maximum Gasteiger partial charge on any atom is 0.236 e. The number of piperidine rings is 1. The number of hydrogen-bond acceptors (Lipinski definition) is 4. The van der Waals surface area contributed by atoms with Crippen LogP contribution in [0.3, 0.4) is 0 Å². The molecule has 1 aliphatic rings. The van der Waals surface area contributed by atoms with E-state index in [4.69, 9.17) is 0 Å². The number of halogens is 1. The third kappa shape index (κ3) is 6.07. The normalized spacial score (nSPS) is 19.8. The van der Waals surface area contributed by atoms with Gasteiger partial charge in [0.2, 0.25) is 15.9 Å². The SMILES string of the molecule is CCN(CC)S(=O)(=O)CC(=O)N[C@H]1CCCNC1.Cl. The summed E-state index contributed by atoms with van der Waals surface area (Å²) in [6, 6.07) is 0.0538. The second-order valence-corrected chi connectivity index (χ2v) is 6.42. The summed E-state index contributed by atoms with van der Waals surface area (Å²) < 4.78 is 25.1. The smallest absolute Gasteiger partial charge is 0.236 e. The van der Waals surface area contributed by atoms with Gasteiger partial charge in [0.05, 0.1) is 0 Å². The molecule has 0 radical (unpaired) electrons. The Labute approximate surface area is 121 Å².